The third-order valence-corrected chi connectivity index (χ3v) is 3.36. The molecule has 1 heterocycles. The summed E-state index contributed by atoms with van der Waals surface area (Å²) in [4.78, 5) is 12.3. The largest absolute Gasteiger partial charge is 0.383 e. The van der Waals surface area contributed by atoms with E-state index in [1.165, 1.54) is 6.20 Å². The first-order chi connectivity index (χ1) is 8.77. The topological polar surface area (TPSA) is 70.1 Å². The molecule has 5 nitrogen and oxygen atoms in total. The van der Waals surface area contributed by atoms with Crippen molar-refractivity contribution < 1.29 is 9.53 Å². The number of nitrogens with zero attached hydrogens (tertiary/aromatic N) is 2. The second kappa shape index (κ2) is 6.50. The van der Waals surface area contributed by atoms with Crippen molar-refractivity contribution in [1.82, 2.24) is 9.78 Å². The minimum Gasteiger partial charge on any atom is -0.383 e. The van der Waals surface area contributed by atoms with Crippen molar-refractivity contribution in [3.8, 4) is 0 Å². The SMILES string of the molecule is COCCn1ncc(Cl)c1C(=O)CC(N)C(C)(C)C. The van der Waals surface area contributed by atoms with Crippen LogP contribution in [-0.2, 0) is 11.3 Å². The number of hydrogen-bond acceptors (Lipinski definition) is 4. The number of hydrogen-bond donors (Lipinski definition) is 1. The van der Waals surface area contributed by atoms with Crippen LogP contribution in [0.5, 0.6) is 0 Å². The van der Waals surface area contributed by atoms with Gasteiger partial charge in [0.05, 0.1) is 24.4 Å². The molecule has 108 valence electrons. The lowest BCUT2D eigenvalue weighted by Gasteiger charge is -2.26. The Labute approximate surface area is 119 Å². The van der Waals surface area contributed by atoms with E-state index >= 15 is 0 Å². The van der Waals surface area contributed by atoms with Gasteiger partial charge in [-0.15, -0.1) is 0 Å². The van der Waals surface area contributed by atoms with E-state index in [-0.39, 0.29) is 23.7 Å². The van der Waals surface area contributed by atoms with Crippen LogP contribution >= 0.6 is 11.6 Å². The Kier molecular flexibility index (Phi) is 5.52. The van der Waals surface area contributed by atoms with Crippen LogP contribution in [0.4, 0.5) is 0 Å². The maximum atomic E-state index is 12.3. The molecule has 0 saturated heterocycles. The highest BCUT2D eigenvalue weighted by Gasteiger charge is 2.26. The minimum absolute atomic E-state index is 0.0824. The molecule has 0 bridgehead atoms. The number of ether oxygens (including phenoxy) is 1. The van der Waals surface area contributed by atoms with Crippen molar-refractivity contribution in [1.29, 1.82) is 0 Å². The molecule has 1 aromatic heterocycles. The molecule has 1 rings (SSSR count). The average molecular weight is 288 g/mol. The predicted octanol–water partition coefficient (Wildman–Crippen LogP) is 2.13. The highest BCUT2D eigenvalue weighted by atomic mass is 35.5. The first kappa shape index (κ1) is 16.1. The van der Waals surface area contributed by atoms with Crippen LogP contribution < -0.4 is 5.73 Å². The summed E-state index contributed by atoms with van der Waals surface area (Å²) in [5, 5.41) is 4.45. The van der Waals surface area contributed by atoms with Gasteiger partial charge in [-0.3, -0.25) is 9.48 Å². The minimum atomic E-state index is -0.221. The maximum absolute atomic E-state index is 12.3. The van der Waals surface area contributed by atoms with E-state index in [1.807, 2.05) is 20.8 Å². The van der Waals surface area contributed by atoms with E-state index < -0.39 is 0 Å². The van der Waals surface area contributed by atoms with E-state index in [2.05, 4.69) is 5.10 Å². The van der Waals surface area contributed by atoms with Crippen LogP contribution in [0.2, 0.25) is 5.02 Å². The van der Waals surface area contributed by atoms with Crippen LogP contribution in [0.3, 0.4) is 0 Å². The molecule has 0 saturated carbocycles. The van der Waals surface area contributed by atoms with Gasteiger partial charge in [0.15, 0.2) is 5.78 Å². The van der Waals surface area contributed by atoms with Crippen molar-refractivity contribution in [2.45, 2.75) is 39.8 Å². The lowest BCUT2D eigenvalue weighted by atomic mass is 9.84. The molecule has 19 heavy (non-hydrogen) atoms. The normalized spacial score (nSPS) is 13.6. The number of carbonyl (C=O) groups is 1. The fourth-order valence-corrected chi connectivity index (χ4v) is 1.84. The summed E-state index contributed by atoms with van der Waals surface area (Å²) in [5.74, 6) is -0.0824. The average Bonchev–Trinajstić information content (AvgIpc) is 2.66. The highest BCUT2D eigenvalue weighted by molar-refractivity contribution is 6.33. The predicted molar refractivity (Wildman–Crippen MR) is 75.5 cm³/mol. The molecule has 0 amide bonds. The summed E-state index contributed by atoms with van der Waals surface area (Å²) in [6.07, 6.45) is 1.73. The maximum Gasteiger partial charge on any atom is 0.183 e. The summed E-state index contributed by atoms with van der Waals surface area (Å²) in [6.45, 7) is 7.00. The van der Waals surface area contributed by atoms with Crippen LogP contribution in [0.15, 0.2) is 6.20 Å². The Morgan fingerprint density at radius 3 is 2.74 bits per heavy atom. The smallest absolute Gasteiger partial charge is 0.183 e. The van der Waals surface area contributed by atoms with Crippen LogP contribution in [-0.4, -0.2) is 35.3 Å². The van der Waals surface area contributed by atoms with Crippen molar-refractivity contribution in [2.24, 2.45) is 11.1 Å². The summed E-state index contributed by atoms with van der Waals surface area (Å²) >= 11 is 6.03. The molecule has 1 unspecified atom stereocenters. The van der Waals surface area contributed by atoms with E-state index in [0.29, 0.717) is 23.9 Å². The number of carbonyl (C=O) groups excluding carboxylic acids is 1. The van der Waals surface area contributed by atoms with E-state index in [4.69, 9.17) is 22.1 Å². The zero-order valence-electron chi connectivity index (χ0n) is 11.9. The van der Waals surface area contributed by atoms with Gasteiger partial charge in [0.25, 0.3) is 0 Å². The fourth-order valence-electron chi connectivity index (χ4n) is 1.59. The summed E-state index contributed by atoms with van der Waals surface area (Å²) < 4.78 is 6.56. The van der Waals surface area contributed by atoms with E-state index in [1.54, 1.807) is 11.8 Å². The van der Waals surface area contributed by atoms with Gasteiger partial charge in [-0.25, -0.2) is 0 Å². The van der Waals surface area contributed by atoms with Crippen LogP contribution in [0.25, 0.3) is 0 Å². The number of Topliss-reactive ketones (excluding diaryl/α,β-unsaturated/α-hetero) is 1. The van der Waals surface area contributed by atoms with E-state index in [0.717, 1.165) is 0 Å². The van der Waals surface area contributed by atoms with Crippen molar-refractivity contribution in [2.75, 3.05) is 13.7 Å². The Hall–Kier alpha value is -0.910. The molecule has 1 aromatic rings. The molecule has 6 heteroatoms. The van der Waals surface area contributed by atoms with Gasteiger partial charge < -0.3 is 10.5 Å². The molecule has 0 fully saturated rings. The zero-order valence-corrected chi connectivity index (χ0v) is 12.7. The van der Waals surface area contributed by atoms with Crippen LogP contribution in [0.1, 0.15) is 37.7 Å². The monoisotopic (exact) mass is 287 g/mol. The van der Waals surface area contributed by atoms with Gasteiger partial charge in [0.2, 0.25) is 0 Å². The molecular formula is C13H22ClN3O2. The first-order valence-corrected chi connectivity index (χ1v) is 6.64. The molecule has 0 aliphatic heterocycles. The van der Waals surface area contributed by atoms with Gasteiger partial charge in [-0.2, -0.15) is 5.10 Å². The Bertz CT molecular complexity index is 438. The number of methoxy groups -OCH3 is 1. The summed E-state index contributed by atoms with van der Waals surface area (Å²) in [7, 11) is 1.60. The number of ketones is 1. The fraction of sp³-hybridized carbons (Fsp3) is 0.692. The second-order valence-electron chi connectivity index (χ2n) is 5.66. The van der Waals surface area contributed by atoms with Gasteiger partial charge in [0.1, 0.15) is 5.69 Å². The third kappa shape index (κ3) is 4.30. The van der Waals surface area contributed by atoms with Gasteiger partial charge in [0, 0.05) is 19.6 Å². The standard InChI is InChI=1S/C13H22ClN3O2/c1-13(2,3)11(15)7-10(18)12-9(14)8-16-17(12)5-6-19-4/h8,11H,5-7,15H2,1-4H3. The van der Waals surface area contributed by atoms with Gasteiger partial charge >= 0.3 is 0 Å². The molecule has 0 aromatic carbocycles. The molecule has 1 atom stereocenters. The third-order valence-electron chi connectivity index (χ3n) is 3.08. The molecular weight excluding hydrogens is 266 g/mol. The number of rotatable bonds is 6. The van der Waals surface area contributed by atoms with Gasteiger partial charge in [-0.1, -0.05) is 32.4 Å². The lowest BCUT2D eigenvalue weighted by molar-refractivity contribution is 0.0939. The van der Waals surface area contributed by atoms with Gasteiger partial charge in [-0.05, 0) is 5.41 Å². The molecule has 0 aliphatic rings. The van der Waals surface area contributed by atoms with Crippen molar-refractivity contribution >= 4 is 17.4 Å². The molecule has 2 N–H and O–H groups in total. The zero-order chi connectivity index (χ0) is 14.6. The molecule has 0 aliphatic carbocycles. The van der Waals surface area contributed by atoms with E-state index in [9.17, 15) is 4.79 Å². The first-order valence-electron chi connectivity index (χ1n) is 6.26. The van der Waals surface area contributed by atoms with Crippen molar-refractivity contribution in [3.05, 3.63) is 16.9 Å². The summed E-state index contributed by atoms with van der Waals surface area (Å²) in [5.41, 5.74) is 6.33. The number of halogens is 1. The highest BCUT2D eigenvalue weighted by Crippen LogP contribution is 2.23. The number of nitrogens with two attached hydrogens (primary N) is 1. The molecule has 0 spiro atoms. The Balaban J connectivity index is 2.84. The van der Waals surface area contributed by atoms with Crippen LogP contribution in [0, 0.1) is 5.41 Å². The molecule has 0 radical (unpaired) electrons. The van der Waals surface area contributed by atoms with Crippen molar-refractivity contribution in [3.63, 3.8) is 0 Å². The Morgan fingerprint density at radius 1 is 1.58 bits per heavy atom. The summed E-state index contributed by atoms with van der Waals surface area (Å²) in [6, 6.07) is -0.221. The lowest BCUT2D eigenvalue weighted by Crippen LogP contribution is -2.37. The Morgan fingerprint density at radius 2 is 2.21 bits per heavy atom. The quantitative estimate of drug-likeness (QED) is 0.814. The number of aromatic nitrogens is 2. The second-order valence-corrected chi connectivity index (χ2v) is 6.06.